The highest BCUT2D eigenvalue weighted by atomic mass is 35.5. The zero-order valence-electron chi connectivity index (χ0n) is 19.1. The Labute approximate surface area is 204 Å². The SMILES string of the molecule is C[C@@H]1C[C@@H](CO)CC1Nc1nc(NCC2CCCCC2)nc(Cl)c1-c1nc2ccccc2s1. The molecular formula is C25H32ClN5OS. The zero-order valence-corrected chi connectivity index (χ0v) is 20.6. The Kier molecular flexibility index (Phi) is 6.99. The van der Waals surface area contributed by atoms with Gasteiger partial charge in [-0.2, -0.15) is 4.98 Å². The van der Waals surface area contributed by atoms with Gasteiger partial charge in [-0.25, -0.2) is 9.97 Å². The summed E-state index contributed by atoms with van der Waals surface area (Å²) in [6.45, 7) is 3.34. The van der Waals surface area contributed by atoms with Crippen molar-refractivity contribution in [2.24, 2.45) is 17.8 Å². The van der Waals surface area contributed by atoms with Gasteiger partial charge in [-0.15, -0.1) is 11.3 Å². The van der Waals surface area contributed by atoms with E-state index in [4.69, 9.17) is 21.6 Å². The van der Waals surface area contributed by atoms with Gasteiger partial charge in [0.25, 0.3) is 0 Å². The molecule has 1 unspecified atom stereocenters. The Morgan fingerprint density at radius 2 is 1.88 bits per heavy atom. The van der Waals surface area contributed by atoms with Crippen LogP contribution in [-0.2, 0) is 0 Å². The predicted octanol–water partition coefficient (Wildman–Crippen LogP) is 6.22. The van der Waals surface area contributed by atoms with Crippen LogP contribution in [0.3, 0.4) is 0 Å². The second-order valence-electron chi connectivity index (χ2n) is 9.68. The van der Waals surface area contributed by atoms with Crippen LogP contribution >= 0.6 is 22.9 Å². The van der Waals surface area contributed by atoms with Gasteiger partial charge >= 0.3 is 0 Å². The molecule has 3 N–H and O–H groups in total. The fourth-order valence-electron chi connectivity index (χ4n) is 5.32. The molecule has 8 heteroatoms. The third kappa shape index (κ3) is 5.10. The minimum absolute atomic E-state index is 0.228. The highest BCUT2D eigenvalue weighted by Crippen LogP contribution is 2.40. The number of hydrogen-bond acceptors (Lipinski definition) is 7. The Bertz CT molecular complexity index is 1070. The normalized spacial score (nSPS) is 23.8. The van der Waals surface area contributed by atoms with Crippen molar-refractivity contribution in [3.8, 4) is 10.6 Å². The molecule has 2 saturated carbocycles. The number of benzene rings is 1. The molecule has 0 bridgehead atoms. The highest BCUT2D eigenvalue weighted by Gasteiger charge is 2.32. The van der Waals surface area contributed by atoms with Crippen molar-refractivity contribution in [1.29, 1.82) is 0 Å². The first-order valence-electron chi connectivity index (χ1n) is 12.2. The second kappa shape index (κ2) is 10.1. The fourth-order valence-corrected chi connectivity index (χ4v) is 6.64. The van der Waals surface area contributed by atoms with E-state index in [1.807, 2.05) is 18.2 Å². The second-order valence-corrected chi connectivity index (χ2v) is 11.1. The largest absolute Gasteiger partial charge is 0.396 e. The van der Waals surface area contributed by atoms with E-state index in [2.05, 4.69) is 28.6 Å². The van der Waals surface area contributed by atoms with Crippen LogP contribution in [0.25, 0.3) is 20.8 Å². The van der Waals surface area contributed by atoms with Crippen molar-refractivity contribution in [2.45, 2.75) is 57.9 Å². The van der Waals surface area contributed by atoms with Crippen LogP contribution < -0.4 is 10.6 Å². The van der Waals surface area contributed by atoms with Crippen molar-refractivity contribution >= 4 is 44.9 Å². The lowest BCUT2D eigenvalue weighted by Gasteiger charge is -2.23. The molecule has 3 aromatic rings. The molecule has 0 aliphatic heterocycles. The number of para-hydroxylation sites is 1. The third-order valence-electron chi connectivity index (χ3n) is 7.21. The molecule has 0 saturated heterocycles. The number of rotatable bonds is 7. The fraction of sp³-hybridized carbons (Fsp3) is 0.560. The lowest BCUT2D eigenvalue weighted by Crippen LogP contribution is -2.24. The van der Waals surface area contributed by atoms with Crippen molar-refractivity contribution in [2.75, 3.05) is 23.8 Å². The molecule has 0 radical (unpaired) electrons. The monoisotopic (exact) mass is 485 g/mol. The molecule has 2 aliphatic carbocycles. The maximum atomic E-state index is 9.67. The number of aromatic nitrogens is 3. The van der Waals surface area contributed by atoms with E-state index < -0.39 is 0 Å². The van der Waals surface area contributed by atoms with Crippen molar-refractivity contribution in [1.82, 2.24) is 15.0 Å². The Morgan fingerprint density at radius 3 is 2.64 bits per heavy atom. The van der Waals surface area contributed by atoms with E-state index in [1.54, 1.807) is 11.3 Å². The van der Waals surface area contributed by atoms with Crippen molar-refractivity contribution < 1.29 is 5.11 Å². The first-order chi connectivity index (χ1) is 16.1. The first-order valence-corrected chi connectivity index (χ1v) is 13.3. The lowest BCUT2D eigenvalue weighted by atomic mass is 9.89. The number of anilines is 2. The maximum absolute atomic E-state index is 9.67. The van der Waals surface area contributed by atoms with Gasteiger partial charge in [-0.1, -0.05) is 49.9 Å². The number of aliphatic hydroxyl groups excluding tert-OH is 1. The van der Waals surface area contributed by atoms with Gasteiger partial charge in [-0.3, -0.25) is 0 Å². The van der Waals surface area contributed by atoms with Crippen molar-refractivity contribution in [3.63, 3.8) is 0 Å². The maximum Gasteiger partial charge on any atom is 0.226 e. The number of nitrogens with zero attached hydrogens (tertiary/aromatic N) is 3. The van der Waals surface area contributed by atoms with Crippen LogP contribution in [0.1, 0.15) is 51.9 Å². The van der Waals surface area contributed by atoms with Gasteiger partial charge in [0, 0.05) is 19.2 Å². The highest BCUT2D eigenvalue weighted by molar-refractivity contribution is 7.21. The Morgan fingerprint density at radius 1 is 1.06 bits per heavy atom. The summed E-state index contributed by atoms with van der Waals surface area (Å²) in [6, 6.07) is 8.34. The minimum Gasteiger partial charge on any atom is -0.396 e. The van der Waals surface area contributed by atoms with E-state index in [0.29, 0.717) is 28.9 Å². The summed E-state index contributed by atoms with van der Waals surface area (Å²) in [4.78, 5) is 14.4. The molecule has 2 fully saturated rings. The summed E-state index contributed by atoms with van der Waals surface area (Å²) in [6.07, 6.45) is 8.42. The van der Waals surface area contributed by atoms with Gasteiger partial charge in [0.2, 0.25) is 5.95 Å². The first kappa shape index (κ1) is 22.8. The number of aliphatic hydroxyl groups is 1. The van der Waals surface area contributed by atoms with Crippen LogP contribution in [0.4, 0.5) is 11.8 Å². The van der Waals surface area contributed by atoms with E-state index in [-0.39, 0.29) is 12.6 Å². The molecule has 1 aromatic carbocycles. The van der Waals surface area contributed by atoms with E-state index in [0.717, 1.165) is 46.0 Å². The van der Waals surface area contributed by atoms with Crippen LogP contribution in [0.5, 0.6) is 0 Å². The van der Waals surface area contributed by atoms with Gasteiger partial charge in [-0.05, 0) is 55.6 Å². The van der Waals surface area contributed by atoms with Crippen LogP contribution in [-0.4, -0.2) is 39.3 Å². The van der Waals surface area contributed by atoms with E-state index in [9.17, 15) is 5.11 Å². The minimum atomic E-state index is 0.228. The number of nitrogens with one attached hydrogen (secondary N) is 2. The summed E-state index contributed by atoms with van der Waals surface area (Å²) in [5.74, 6) is 2.74. The molecule has 2 aliphatic rings. The summed E-state index contributed by atoms with van der Waals surface area (Å²) < 4.78 is 1.11. The topological polar surface area (TPSA) is 83.0 Å². The summed E-state index contributed by atoms with van der Waals surface area (Å²) in [5.41, 5.74) is 1.72. The quantitative estimate of drug-likeness (QED) is 0.345. The molecule has 5 rings (SSSR count). The number of hydrogen-bond donors (Lipinski definition) is 3. The van der Waals surface area contributed by atoms with Gasteiger partial charge < -0.3 is 15.7 Å². The average molecular weight is 486 g/mol. The molecule has 0 spiro atoms. The smallest absolute Gasteiger partial charge is 0.226 e. The van der Waals surface area contributed by atoms with E-state index >= 15 is 0 Å². The van der Waals surface area contributed by atoms with Crippen LogP contribution in [0.15, 0.2) is 24.3 Å². The average Bonchev–Trinajstić information content (AvgIpc) is 3.41. The molecule has 0 amide bonds. The molecular weight excluding hydrogens is 454 g/mol. The predicted molar refractivity (Wildman–Crippen MR) is 137 cm³/mol. The summed E-state index contributed by atoms with van der Waals surface area (Å²) >= 11 is 8.40. The van der Waals surface area contributed by atoms with Gasteiger partial charge in [0.15, 0.2) is 0 Å². The summed E-state index contributed by atoms with van der Waals surface area (Å²) in [7, 11) is 0. The number of halogens is 1. The standard InChI is InChI=1S/C25H32ClN5OS/c1-15-11-17(14-32)12-19(15)28-23-21(24-29-18-9-5-6-10-20(18)33-24)22(26)30-25(31-23)27-13-16-7-3-2-4-8-16/h5-6,9-10,15-17,19,32H,2-4,7-8,11-14H2,1H3,(H2,27,28,30,31)/t15-,17-,19?/m1/s1. The van der Waals surface area contributed by atoms with Crippen LogP contribution in [0.2, 0.25) is 5.15 Å². The van der Waals surface area contributed by atoms with E-state index in [1.165, 1.54) is 32.1 Å². The molecule has 6 nitrogen and oxygen atoms in total. The molecule has 176 valence electrons. The Hall–Kier alpha value is -1.96. The van der Waals surface area contributed by atoms with Gasteiger partial charge in [0.1, 0.15) is 16.0 Å². The number of thiazole rings is 1. The molecule has 33 heavy (non-hydrogen) atoms. The Balaban J connectivity index is 1.46. The molecule has 3 atom stereocenters. The van der Waals surface area contributed by atoms with Crippen LogP contribution in [0, 0.1) is 17.8 Å². The lowest BCUT2D eigenvalue weighted by molar-refractivity contribution is 0.226. The third-order valence-corrected chi connectivity index (χ3v) is 8.53. The molecule has 2 aromatic heterocycles. The molecule has 2 heterocycles. The summed E-state index contributed by atoms with van der Waals surface area (Å²) in [5, 5.41) is 18.0. The zero-order chi connectivity index (χ0) is 22.8. The number of fused-ring (bicyclic) bond motifs is 1. The van der Waals surface area contributed by atoms with Gasteiger partial charge in [0.05, 0.1) is 15.8 Å². The van der Waals surface area contributed by atoms with Crippen molar-refractivity contribution in [3.05, 3.63) is 29.4 Å².